The Morgan fingerprint density at radius 3 is 2.35 bits per heavy atom. The zero-order chi connectivity index (χ0) is 14.9. The van der Waals surface area contributed by atoms with Crippen molar-refractivity contribution in [3.8, 4) is 11.3 Å². The average molecular weight is 296 g/mol. The third-order valence-electron chi connectivity index (χ3n) is 2.74. The fourth-order valence-electron chi connectivity index (χ4n) is 1.54. The molecule has 0 aliphatic heterocycles. The Morgan fingerprint density at radius 1 is 1.30 bits per heavy atom. The Balaban J connectivity index is 2.30. The van der Waals surface area contributed by atoms with Crippen LogP contribution in [0.2, 0.25) is 0 Å². The van der Waals surface area contributed by atoms with Crippen LogP contribution >= 0.6 is 0 Å². The van der Waals surface area contributed by atoms with Crippen LogP contribution in [0.4, 0.5) is 5.69 Å². The number of carboxylic acids is 1. The lowest BCUT2D eigenvalue weighted by Crippen LogP contribution is -2.24. The van der Waals surface area contributed by atoms with Crippen molar-refractivity contribution >= 4 is 21.7 Å². The molecule has 0 saturated carbocycles. The van der Waals surface area contributed by atoms with Gasteiger partial charge in [-0.15, -0.1) is 0 Å². The molecule has 1 heterocycles. The summed E-state index contributed by atoms with van der Waals surface area (Å²) in [5.74, 6) is -0.871. The molecule has 0 atom stereocenters. The molecule has 0 bridgehead atoms. The first-order chi connectivity index (χ1) is 9.29. The predicted molar refractivity (Wildman–Crippen MR) is 72.1 cm³/mol. The Labute approximate surface area is 115 Å². The number of hydrogen-bond donors (Lipinski definition) is 1. The van der Waals surface area contributed by atoms with Gasteiger partial charge in [0, 0.05) is 18.7 Å². The number of aromatic carboxylic acids is 1. The molecule has 8 heteroatoms. The van der Waals surface area contributed by atoms with Gasteiger partial charge < -0.3 is 9.63 Å². The number of carbonyl (C=O) groups is 1. The summed E-state index contributed by atoms with van der Waals surface area (Å²) in [4.78, 5) is 10.7. The molecule has 0 aliphatic rings. The van der Waals surface area contributed by atoms with Crippen LogP contribution < -0.4 is 4.31 Å². The average Bonchev–Trinajstić information content (AvgIpc) is 2.86. The first-order valence-corrected chi connectivity index (χ1v) is 7.38. The second-order valence-electron chi connectivity index (χ2n) is 4.16. The maximum Gasteiger partial charge on any atom is 0.358 e. The van der Waals surface area contributed by atoms with E-state index >= 15 is 0 Å². The zero-order valence-corrected chi connectivity index (χ0v) is 11.6. The highest BCUT2D eigenvalue weighted by atomic mass is 32.2. The Hall–Kier alpha value is -2.35. The summed E-state index contributed by atoms with van der Waals surface area (Å²) in [5.41, 5.74) is 0.919. The zero-order valence-electron chi connectivity index (χ0n) is 10.8. The van der Waals surface area contributed by atoms with Crippen LogP contribution in [-0.4, -0.2) is 38.0 Å². The summed E-state index contributed by atoms with van der Waals surface area (Å²) in [7, 11) is -1.87. The molecule has 7 nitrogen and oxygen atoms in total. The van der Waals surface area contributed by atoms with Gasteiger partial charge in [-0.2, -0.15) is 0 Å². The number of rotatable bonds is 4. The van der Waals surface area contributed by atoms with Gasteiger partial charge in [0.05, 0.1) is 11.9 Å². The fourth-order valence-corrected chi connectivity index (χ4v) is 2.04. The van der Waals surface area contributed by atoms with E-state index in [1.54, 1.807) is 24.3 Å². The van der Waals surface area contributed by atoms with Crippen LogP contribution in [0.1, 0.15) is 10.5 Å². The van der Waals surface area contributed by atoms with Crippen LogP contribution in [0.15, 0.2) is 34.9 Å². The number of nitrogens with zero attached hydrogens (tertiary/aromatic N) is 2. The van der Waals surface area contributed by atoms with E-state index in [1.165, 1.54) is 13.1 Å². The third kappa shape index (κ3) is 2.80. The monoisotopic (exact) mass is 296 g/mol. The van der Waals surface area contributed by atoms with Gasteiger partial charge in [0.15, 0.2) is 11.5 Å². The van der Waals surface area contributed by atoms with Crippen LogP contribution in [-0.2, 0) is 10.0 Å². The first-order valence-electron chi connectivity index (χ1n) is 5.53. The van der Waals surface area contributed by atoms with Gasteiger partial charge in [-0.1, -0.05) is 5.16 Å². The maximum atomic E-state index is 11.4. The van der Waals surface area contributed by atoms with Gasteiger partial charge in [-0.3, -0.25) is 4.31 Å². The van der Waals surface area contributed by atoms with Crippen molar-refractivity contribution in [2.24, 2.45) is 0 Å². The van der Waals surface area contributed by atoms with Crippen molar-refractivity contribution in [3.63, 3.8) is 0 Å². The number of hydrogen-bond acceptors (Lipinski definition) is 5. The van der Waals surface area contributed by atoms with Crippen molar-refractivity contribution in [1.29, 1.82) is 0 Å². The maximum absolute atomic E-state index is 11.4. The second-order valence-corrected chi connectivity index (χ2v) is 6.17. The molecule has 0 unspecified atom stereocenters. The van der Waals surface area contributed by atoms with E-state index in [2.05, 4.69) is 5.16 Å². The molecular formula is C12H12N2O5S. The SMILES string of the molecule is CN(c1ccc(-c2cc(C(=O)O)no2)cc1)S(C)(=O)=O. The van der Waals surface area contributed by atoms with E-state index in [4.69, 9.17) is 9.63 Å². The van der Waals surface area contributed by atoms with Crippen molar-refractivity contribution < 1.29 is 22.8 Å². The molecule has 0 radical (unpaired) electrons. The Kier molecular flexibility index (Phi) is 3.49. The van der Waals surface area contributed by atoms with Gasteiger partial charge in [0.1, 0.15) is 0 Å². The molecule has 0 saturated heterocycles. The standard InChI is InChI=1S/C12H12N2O5S/c1-14(20(2,17)18)9-5-3-8(4-6-9)11-7-10(12(15)16)13-19-11/h3-7H,1-2H3,(H,15,16). The van der Waals surface area contributed by atoms with Gasteiger partial charge in [0.25, 0.3) is 0 Å². The summed E-state index contributed by atoms with van der Waals surface area (Å²) in [6.07, 6.45) is 1.11. The number of carboxylic acid groups (broad SMARTS) is 1. The highest BCUT2D eigenvalue weighted by Crippen LogP contribution is 2.24. The molecule has 1 aromatic carbocycles. The molecule has 0 amide bonds. The van der Waals surface area contributed by atoms with Crippen LogP contribution in [0.25, 0.3) is 11.3 Å². The summed E-state index contributed by atoms with van der Waals surface area (Å²) in [5, 5.41) is 12.2. The van der Waals surface area contributed by atoms with E-state index in [9.17, 15) is 13.2 Å². The molecule has 2 aromatic rings. The lowest BCUT2D eigenvalue weighted by Gasteiger charge is -2.16. The topological polar surface area (TPSA) is 101 Å². The smallest absolute Gasteiger partial charge is 0.358 e. The lowest BCUT2D eigenvalue weighted by molar-refractivity contribution is 0.0686. The minimum absolute atomic E-state index is 0.183. The quantitative estimate of drug-likeness (QED) is 0.916. The van der Waals surface area contributed by atoms with Crippen molar-refractivity contribution in [2.75, 3.05) is 17.6 Å². The highest BCUT2D eigenvalue weighted by Gasteiger charge is 2.14. The van der Waals surface area contributed by atoms with Crippen molar-refractivity contribution in [1.82, 2.24) is 5.16 Å². The minimum atomic E-state index is -3.32. The van der Waals surface area contributed by atoms with E-state index in [-0.39, 0.29) is 5.69 Å². The molecular weight excluding hydrogens is 284 g/mol. The largest absolute Gasteiger partial charge is 0.476 e. The fraction of sp³-hybridized carbons (Fsp3) is 0.167. The number of anilines is 1. The van der Waals surface area contributed by atoms with E-state index < -0.39 is 16.0 Å². The first kappa shape index (κ1) is 14.1. The summed E-state index contributed by atoms with van der Waals surface area (Å²) < 4.78 is 28.8. The van der Waals surface area contributed by atoms with Crippen LogP contribution in [0.5, 0.6) is 0 Å². The molecule has 2 rings (SSSR count). The molecule has 0 fully saturated rings. The number of aromatic nitrogens is 1. The minimum Gasteiger partial charge on any atom is -0.476 e. The normalized spacial score (nSPS) is 11.3. The molecule has 106 valence electrons. The van der Waals surface area contributed by atoms with Crippen molar-refractivity contribution in [3.05, 3.63) is 36.0 Å². The van der Waals surface area contributed by atoms with E-state index in [0.29, 0.717) is 17.0 Å². The molecule has 1 N–H and O–H groups in total. The summed E-state index contributed by atoms with van der Waals surface area (Å²) in [6, 6.07) is 7.75. The molecule has 20 heavy (non-hydrogen) atoms. The predicted octanol–water partition coefficient (Wildman–Crippen LogP) is 1.44. The summed E-state index contributed by atoms with van der Waals surface area (Å²) in [6.45, 7) is 0. The van der Waals surface area contributed by atoms with Gasteiger partial charge in [0.2, 0.25) is 10.0 Å². The second kappa shape index (κ2) is 4.97. The van der Waals surface area contributed by atoms with E-state index in [0.717, 1.165) is 10.6 Å². The van der Waals surface area contributed by atoms with Gasteiger partial charge >= 0.3 is 5.97 Å². The van der Waals surface area contributed by atoms with Gasteiger partial charge in [-0.25, -0.2) is 13.2 Å². The lowest BCUT2D eigenvalue weighted by atomic mass is 10.1. The van der Waals surface area contributed by atoms with Crippen LogP contribution in [0, 0.1) is 0 Å². The third-order valence-corrected chi connectivity index (χ3v) is 3.95. The van der Waals surface area contributed by atoms with E-state index in [1.807, 2.05) is 0 Å². The number of sulfonamides is 1. The highest BCUT2D eigenvalue weighted by molar-refractivity contribution is 7.92. The van der Waals surface area contributed by atoms with Crippen molar-refractivity contribution in [2.45, 2.75) is 0 Å². The summed E-state index contributed by atoms with van der Waals surface area (Å²) >= 11 is 0. The molecule has 1 aromatic heterocycles. The molecule has 0 aliphatic carbocycles. The molecule has 0 spiro atoms. The Morgan fingerprint density at radius 2 is 1.90 bits per heavy atom. The number of benzene rings is 1. The van der Waals surface area contributed by atoms with Crippen LogP contribution in [0.3, 0.4) is 0 Å². The van der Waals surface area contributed by atoms with Gasteiger partial charge in [-0.05, 0) is 24.3 Å². The Bertz CT molecular complexity index is 733.